The molecule has 0 aliphatic rings. The number of rotatable bonds is 74. The number of phosphoric acid groups is 2. The highest BCUT2D eigenvalue weighted by atomic mass is 31.2. The van der Waals surface area contributed by atoms with Gasteiger partial charge in [0.1, 0.15) is 19.3 Å². The second-order valence-corrected chi connectivity index (χ2v) is 31.7. The van der Waals surface area contributed by atoms with Gasteiger partial charge in [-0.2, -0.15) is 0 Å². The first kappa shape index (κ1) is 93.1. The summed E-state index contributed by atoms with van der Waals surface area (Å²) in [4.78, 5) is 72.8. The van der Waals surface area contributed by atoms with Crippen LogP contribution in [0.15, 0.2) is 0 Å². The molecule has 95 heavy (non-hydrogen) atoms. The lowest BCUT2D eigenvalue weighted by molar-refractivity contribution is -0.161. The van der Waals surface area contributed by atoms with E-state index in [4.69, 9.17) is 37.0 Å². The summed E-state index contributed by atoms with van der Waals surface area (Å²) in [7, 11) is -9.91. The van der Waals surface area contributed by atoms with E-state index in [1.54, 1.807) is 0 Å². The maximum Gasteiger partial charge on any atom is 0.472 e. The van der Waals surface area contributed by atoms with Gasteiger partial charge in [-0.3, -0.25) is 37.3 Å². The molecule has 0 spiro atoms. The Labute approximate surface area is 581 Å². The minimum Gasteiger partial charge on any atom is -0.462 e. The molecule has 0 aliphatic heterocycles. The minimum atomic E-state index is -4.96. The van der Waals surface area contributed by atoms with Crippen LogP contribution in [-0.2, 0) is 65.4 Å². The van der Waals surface area contributed by atoms with E-state index in [9.17, 15) is 43.2 Å². The standard InChI is InChI=1S/C76H148O17P2/c1-8-9-10-11-12-13-20-29-36-43-50-57-73(78)86-64-72(93-76(81)60-53-46-39-32-25-28-35-42-49-56-69(6)7)66-91-95(84,85)89-62-70(77)61-88-94(82,83)90-65-71(63-87-74(79)58-51-44-37-30-23-19-18-22-27-34-41-48-55-68(4)5)92-75(80)59-52-45-38-31-24-17-15-14-16-21-26-33-40-47-54-67(2)3/h67-72,77H,8-66H2,1-7H3,(H,82,83)(H,84,85)/t70-,71-,72-/m1/s1. The van der Waals surface area contributed by atoms with Crippen molar-refractivity contribution < 1.29 is 80.2 Å². The molecule has 0 amide bonds. The fourth-order valence-electron chi connectivity index (χ4n) is 11.6. The zero-order valence-corrected chi connectivity index (χ0v) is 63.9. The second-order valence-electron chi connectivity index (χ2n) is 28.8. The fourth-order valence-corrected chi connectivity index (χ4v) is 13.2. The van der Waals surface area contributed by atoms with Crippen LogP contribution in [0.1, 0.15) is 389 Å². The van der Waals surface area contributed by atoms with Gasteiger partial charge in [0.05, 0.1) is 26.4 Å². The van der Waals surface area contributed by atoms with Gasteiger partial charge in [0, 0.05) is 25.7 Å². The summed E-state index contributed by atoms with van der Waals surface area (Å²) in [5, 5.41) is 10.6. The second kappa shape index (κ2) is 66.6. The highest BCUT2D eigenvalue weighted by Crippen LogP contribution is 2.45. The topological polar surface area (TPSA) is 237 Å². The van der Waals surface area contributed by atoms with Gasteiger partial charge in [-0.1, -0.05) is 337 Å². The van der Waals surface area contributed by atoms with Crippen LogP contribution >= 0.6 is 15.6 Å². The Hall–Kier alpha value is -1.94. The molecule has 0 aliphatic carbocycles. The Morgan fingerprint density at radius 3 is 0.716 bits per heavy atom. The van der Waals surface area contributed by atoms with Crippen molar-refractivity contribution in [3.8, 4) is 0 Å². The fraction of sp³-hybridized carbons (Fsp3) is 0.947. The SMILES string of the molecule is CCCCCCCCCCCCCC(=O)OC[C@H](COP(=O)(O)OC[C@H](O)COP(=O)(O)OC[C@@H](COC(=O)CCCCCCCCCCCCCCC(C)C)OC(=O)CCCCCCCCCCCCCCCCC(C)C)OC(=O)CCCCCCCCCCCC(C)C. The van der Waals surface area contributed by atoms with Gasteiger partial charge in [0.25, 0.3) is 0 Å². The third kappa shape index (κ3) is 70.3. The van der Waals surface area contributed by atoms with Crippen LogP contribution in [0.2, 0.25) is 0 Å². The molecule has 5 atom stereocenters. The number of aliphatic hydroxyl groups is 1. The normalized spacial score (nSPS) is 14.1. The molecule has 0 saturated carbocycles. The molecule has 0 rings (SSSR count). The summed E-state index contributed by atoms with van der Waals surface area (Å²) < 4.78 is 68.5. The van der Waals surface area contributed by atoms with Crippen LogP contribution in [0.4, 0.5) is 0 Å². The molecule has 0 radical (unpaired) electrons. The largest absolute Gasteiger partial charge is 0.472 e. The Kier molecular flexibility index (Phi) is 65.2. The molecule has 564 valence electrons. The Balaban J connectivity index is 5.25. The smallest absolute Gasteiger partial charge is 0.462 e. The maximum absolute atomic E-state index is 13.1. The van der Waals surface area contributed by atoms with Crippen molar-refractivity contribution in [2.45, 2.75) is 407 Å². The highest BCUT2D eigenvalue weighted by molar-refractivity contribution is 7.47. The molecule has 19 heteroatoms. The van der Waals surface area contributed by atoms with Crippen molar-refractivity contribution >= 4 is 39.5 Å². The van der Waals surface area contributed by atoms with E-state index in [1.165, 1.54) is 199 Å². The van der Waals surface area contributed by atoms with Gasteiger partial charge in [-0.05, 0) is 43.4 Å². The summed E-state index contributed by atoms with van der Waals surface area (Å²) in [6.07, 6.45) is 52.6. The van der Waals surface area contributed by atoms with Gasteiger partial charge in [0.2, 0.25) is 0 Å². The molecule has 2 unspecified atom stereocenters. The van der Waals surface area contributed by atoms with E-state index < -0.39 is 97.5 Å². The molecule has 0 saturated heterocycles. The molecule has 3 N–H and O–H groups in total. The van der Waals surface area contributed by atoms with E-state index in [0.717, 1.165) is 108 Å². The van der Waals surface area contributed by atoms with Gasteiger partial charge in [-0.25, -0.2) is 9.13 Å². The van der Waals surface area contributed by atoms with Gasteiger partial charge < -0.3 is 33.8 Å². The molecule has 0 bridgehead atoms. The third-order valence-electron chi connectivity index (χ3n) is 17.6. The van der Waals surface area contributed by atoms with E-state index in [1.807, 2.05) is 0 Å². The van der Waals surface area contributed by atoms with Crippen LogP contribution in [0, 0.1) is 17.8 Å². The maximum atomic E-state index is 13.1. The van der Waals surface area contributed by atoms with Crippen molar-refractivity contribution in [2.24, 2.45) is 17.8 Å². The van der Waals surface area contributed by atoms with E-state index in [-0.39, 0.29) is 25.7 Å². The average Bonchev–Trinajstić information content (AvgIpc) is 1.78. The molecule has 0 heterocycles. The van der Waals surface area contributed by atoms with Crippen molar-refractivity contribution in [3.63, 3.8) is 0 Å². The number of phosphoric ester groups is 2. The van der Waals surface area contributed by atoms with Crippen molar-refractivity contribution in [1.29, 1.82) is 0 Å². The van der Waals surface area contributed by atoms with E-state index in [0.29, 0.717) is 25.7 Å². The third-order valence-corrected chi connectivity index (χ3v) is 19.5. The Morgan fingerprint density at radius 1 is 0.284 bits per heavy atom. The predicted octanol–water partition coefficient (Wildman–Crippen LogP) is 22.2. The number of hydrogen-bond acceptors (Lipinski definition) is 15. The lowest BCUT2D eigenvalue weighted by Crippen LogP contribution is -2.30. The van der Waals surface area contributed by atoms with Gasteiger partial charge in [-0.15, -0.1) is 0 Å². The minimum absolute atomic E-state index is 0.105. The van der Waals surface area contributed by atoms with E-state index >= 15 is 0 Å². The molecule has 17 nitrogen and oxygen atoms in total. The summed E-state index contributed by atoms with van der Waals surface area (Å²) in [6, 6.07) is 0. The van der Waals surface area contributed by atoms with Gasteiger partial charge in [0.15, 0.2) is 12.2 Å². The predicted molar refractivity (Wildman–Crippen MR) is 386 cm³/mol. The van der Waals surface area contributed by atoms with Crippen LogP contribution in [0.5, 0.6) is 0 Å². The lowest BCUT2D eigenvalue weighted by Gasteiger charge is -2.21. The molecular weight excluding hydrogens is 1250 g/mol. The van der Waals surface area contributed by atoms with Crippen molar-refractivity contribution in [1.82, 2.24) is 0 Å². The average molecular weight is 1400 g/mol. The summed E-state index contributed by atoms with van der Waals surface area (Å²) in [5.41, 5.74) is 0. The molecule has 0 aromatic heterocycles. The molecule has 0 aromatic rings. The van der Waals surface area contributed by atoms with Crippen LogP contribution < -0.4 is 0 Å². The first-order chi connectivity index (χ1) is 45.7. The molecule has 0 aromatic carbocycles. The number of carbonyl (C=O) groups is 4. The number of carbonyl (C=O) groups excluding carboxylic acids is 4. The lowest BCUT2D eigenvalue weighted by atomic mass is 10.0. The number of unbranched alkanes of at least 4 members (excludes halogenated alkanes) is 42. The molecule has 0 fully saturated rings. The van der Waals surface area contributed by atoms with E-state index in [2.05, 4.69) is 48.5 Å². The van der Waals surface area contributed by atoms with Crippen LogP contribution in [0.25, 0.3) is 0 Å². The van der Waals surface area contributed by atoms with Crippen molar-refractivity contribution in [2.75, 3.05) is 39.6 Å². The van der Waals surface area contributed by atoms with Gasteiger partial charge >= 0.3 is 39.5 Å². The monoisotopic (exact) mass is 1400 g/mol. The summed E-state index contributed by atoms with van der Waals surface area (Å²) in [6.45, 7) is 11.9. The van der Waals surface area contributed by atoms with Crippen LogP contribution in [-0.4, -0.2) is 96.7 Å². The van der Waals surface area contributed by atoms with Crippen molar-refractivity contribution in [3.05, 3.63) is 0 Å². The summed E-state index contributed by atoms with van der Waals surface area (Å²) in [5.74, 6) is 0.197. The molecular formula is C76H148O17P2. The Morgan fingerprint density at radius 2 is 0.484 bits per heavy atom. The Bertz CT molecular complexity index is 1850. The zero-order chi connectivity index (χ0) is 70.1. The zero-order valence-electron chi connectivity index (χ0n) is 62.1. The number of hydrogen-bond donors (Lipinski definition) is 3. The first-order valence-electron chi connectivity index (χ1n) is 39.3. The number of esters is 4. The quantitative estimate of drug-likeness (QED) is 0.0222. The number of ether oxygens (including phenoxy) is 4. The van der Waals surface area contributed by atoms with Crippen LogP contribution in [0.3, 0.4) is 0 Å². The first-order valence-corrected chi connectivity index (χ1v) is 42.3. The highest BCUT2D eigenvalue weighted by Gasteiger charge is 2.30. The number of aliphatic hydroxyl groups excluding tert-OH is 1. The summed E-state index contributed by atoms with van der Waals surface area (Å²) >= 11 is 0.